The van der Waals surface area contributed by atoms with Gasteiger partial charge in [0, 0.05) is 15.2 Å². The average molecular weight is 473 g/mol. The van der Waals surface area contributed by atoms with Gasteiger partial charge in [0.15, 0.2) is 0 Å². The van der Waals surface area contributed by atoms with Gasteiger partial charge in [0.25, 0.3) is 0 Å². The van der Waals surface area contributed by atoms with Crippen molar-refractivity contribution in [3.63, 3.8) is 0 Å². The van der Waals surface area contributed by atoms with E-state index in [9.17, 15) is 21.6 Å². The van der Waals surface area contributed by atoms with Crippen molar-refractivity contribution < 1.29 is 26.3 Å². The molecule has 0 saturated heterocycles. The number of alkyl halides is 3. The van der Waals surface area contributed by atoms with Crippen LogP contribution in [0.2, 0.25) is 5.02 Å². The minimum atomic E-state index is -5.44. The lowest BCUT2D eigenvalue weighted by atomic mass is 10.1. The molecular formula is C16H14BrClF3NO3S. The highest BCUT2D eigenvalue weighted by atomic mass is 79.9. The number of sulfonamides is 1. The van der Waals surface area contributed by atoms with Crippen molar-refractivity contribution in [2.24, 2.45) is 0 Å². The van der Waals surface area contributed by atoms with Crippen LogP contribution in [0.3, 0.4) is 0 Å². The quantitative estimate of drug-likeness (QED) is 0.569. The molecule has 0 aromatic heterocycles. The minimum absolute atomic E-state index is 0.157. The maximum atomic E-state index is 12.4. The molecule has 0 heterocycles. The van der Waals surface area contributed by atoms with Gasteiger partial charge in [-0.2, -0.15) is 21.6 Å². The molecular weight excluding hydrogens is 459 g/mol. The molecule has 10 heteroatoms. The molecule has 0 aliphatic rings. The summed E-state index contributed by atoms with van der Waals surface area (Å²) >= 11 is 9.38. The topological polar surface area (TPSA) is 55.4 Å². The number of halogens is 5. The molecule has 0 spiro atoms. The third-order valence-electron chi connectivity index (χ3n) is 3.29. The fourth-order valence-electron chi connectivity index (χ4n) is 2.01. The number of benzene rings is 2. The standard InChI is InChI=1S/C16H14BrClF3NO3S/c17-13-5-4-12(15(18)9-13)10-25-7-6-11-2-1-3-14(8-11)22-26(23,24)16(19,20)21/h1-5,8-9,22H,6-7,10H2. The van der Waals surface area contributed by atoms with Gasteiger partial charge in [-0.3, -0.25) is 4.72 Å². The van der Waals surface area contributed by atoms with Crippen LogP contribution in [0.5, 0.6) is 0 Å². The van der Waals surface area contributed by atoms with E-state index in [0.717, 1.165) is 10.0 Å². The molecule has 142 valence electrons. The second-order valence-electron chi connectivity index (χ2n) is 5.29. The number of anilines is 1. The van der Waals surface area contributed by atoms with Gasteiger partial charge in [-0.05, 0) is 41.8 Å². The van der Waals surface area contributed by atoms with Gasteiger partial charge < -0.3 is 4.74 Å². The average Bonchev–Trinajstić information content (AvgIpc) is 2.52. The Labute approximate surface area is 162 Å². The Morgan fingerprint density at radius 3 is 2.54 bits per heavy atom. The molecule has 0 fully saturated rings. The van der Waals surface area contributed by atoms with Crippen LogP contribution in [-0.2, 0) is 27.8 Å². The lowest BCUT2D eigenvalue weighted by molar-refractivity contribution is -0.0429. The summed E-state index contributed by atoms with van der Waals surface area (Å²) in [5, 5.41) is 0.558. The Balaban J connectivity index is 1.91. The predicted octanol–water partition coefficient (Wildman–Crippen LogP) is 5.12. The lowest BCUT2D eigenvalue weighted by Crippen LogP contribution is -2.29. The molecule has 0 unspecified atom stereocenters. The van der Waals surface area contributed by atoms with E-state index in [-0.39, 0.29) is 12.3 Å². The van der Waals surface area contributed by atoms with E-state index in [1.165, 1.54) is 22.9 Å². The minimum Gasteiger partial charge on any atom is -0.376 e. The molecule has 0 bridgehead atoms. The van der Waals surface area contributed by atoms with Gasteiger partial charge in [-0.15, -0.1) is 0 Å². The summed E-state index contributed by atoms with van der Waals surface area (Å²) in [6.07, 6.45) is 0.399. The summed E-state index contributed by atoms with van der Waals surface area (Å²) in [6.45, 7) is 0.578. The van der Waals surface area contributed by atoms with Crippen LogP contribution in [0.1, 0.15) is 11.1 Å². The van der Waals surface area contributed by atoms with Crippen LogP contribution in [-0.4, -0.2) is 20.5 Å². The van der Waals surface area contributed by atoms with Crippen molar-refractivity contribution in [3.8, 4) is 0 Å². The highest BCUT2D eigenvalue weighted by molar-refractivity contribution is 9.10. The van der Waals surface area contributed by atoms with E-state index in [4.69, 9.17) is 16.3 Å². The van der Waals surface area contributed by atoms with E-state index >= 15 is 0 Å². The summed E-state index contributed by atoms with van der Waals surface area (Å²) in [6, 6.07) is 11.1. The fourth-order valence-corrected chi connectivity index (χ4v) is 3.30. The van der Waals surface area contributed by atoms with Crippen molar-refractivity contribution in [2.45, 2.75) is 18.5 Å². The summed E-state index contributed by atoms with van der Waals surface area (Å²) in [4.78, 5) is 0. The van der Waals surface area contributed by atoms with Gasteiger partial charge in [-0.25, -0.2) is 0 Å². The van der Waals surface area contributed by atoms with Crippen LogP contribution < -0.4 is 4.72 Å². The number of rotatable bonds is 7. The molecule has 1 N–H and O–H groups in total. The molecule has 4 nitrogen and oxygen atoms in total. The second-order valence-corrected chi connectivity index (χ2v) is 8.29. The van der Waals surface area contributed by atoms with Crippen LogP contribution >= 0.6 is 27.5 Å². The fraction of sp³-hybridized carbons (Fsp3) is 0.250. The van der Waals surface area contributed by atoms with Crippen LogP contribution in [0.15, 0.2) is 46.9 Å². The number of hydrogen-bond donors (Lipinski definition) is 1. The van der Waals surface area contributed by atoms with Crippen LogP contribution in [0.4, 0.5) is 18.9 Å². The van der Waals surface area contributed by atoms with Gasteiger partial charge in [0.05, 0.1) is 13.2 Å². The van der Waals surface area contributed by atoms with Gasteiger partial charge in [0.2, 0.25) is 0 Å². The number of ether oxygens (including phenoxy) is 1. The first-order valence-corrected chi connectivity index (χ1v) is 9.93. The molecule has 0 radical (unpaired) electrons. The largest absolute Gasteiger partial charge is 0.516 e. The molecule has 2 aromatic rings. The maximum absolute atomic E-state index is 12.4. The van der Waals surface area contributed by atoms with Crippen molar-refractivity contribution in [1.82, 2.24) is 0 Å². The second kappa shape index (κ2) is 8.60. The Morgan fingerprint density at radius 2 is 1.88 bits per heavy atom. The Morgan fingerprint density at radius 1 is 1.15 bits per heavy atom. The highest BCUT2D eigenvalue weighted by Gasteiger charge is 2.46. The molecule has 0 amide bonds. The zero-order valence-corrected chi connectivity index (χ0v) is 16.3. The SMILES string of the molecule is O=S(=O)(Nc1cccc(CCOCc2ccc(Br)cc2Cl)c1)C(F)(F)F. The van der Waals surface area contributed by atoms with Gasteiger partial charge in [-0.1, -0.05) is 45.7 Å². The van der Waals surface area contributed by atoms with E-state index < -0.39 is 15.5 Å². The summed E-state index contributed by atoms with van der Waals surface area (Å²) in [7, 11) is -5.44. The van der Waals surface area contributed by atoms with E-state index in [2.05, 4.69) is 15.9 Å². The molecule has 0 saturated carbocycles. The van der Waals surface area contributed by atoms with Gasteiger partial charge in [0.1, 0.15) is 0 Å². The molecule has 0 aliphatic carbocycles. The summed E-state index contributed by atoms with van der Waals surface area (Å²) < 4.78 is 67.4. The van der Waals surface area contributed by atoms with Crippen molar-refractivity contribution in [3.05, 3.63) is 63.1 Å². The third-order valence-corrected chi connectivity index (χ3v) is 5.25. The van der Waals surface area contributed by atoms with Gasteiger partial charge >= 0.3 is 15.5 Å². The smallest absolute Gasteiger partial charge is 0.376 e. The zero-order valence-electron chi connectivity index (χ0n) is 13.2. The Bertz CT molecular complexity index is 875. The first kappa shape index (κ1) is 21.0. The first-order valence-electron chi connectivity index (χ1n) is 7.28. The lowest BCUT2D eigenvalue weighted by Gasteiger charge is -2.11. The summed E-state index contributed by atoms with van der Waals surface area (Å²) in [5.41, 5.74) is -4.08. The molecule has 2 aromatic carbocycles. The van der Waals surface area contributed by atoms with E-state index in [0.29, 0.717) is 23.6 Å². The highest BCUT2D eigenvalue weighted by Crippen LogP contribution is 2.26. The van der Waals surface area contributed by atoms with Crippen LogP contribution in [0, 0.1) is 0 Å². The van der Waals surface area contributed by atoms with Crippen molar-refractivity contribution >= 4 is 43.2 Å². The Hall–Kier alpha value is -1.29. The summed E-state index contributed by atoms with van der Waals surface area (Å²) in [5.74, 6) is 0. The number of hydrogen-bond acceptors (Lipinski definition) is 3. The van der Waals surface area contributed by atoms with Crippen molar-refractivity contribution in [1.29, 1.82) is 0 Å². The third kappa shape index (κ3) is 5.87. The first-order chi connectivity index (χ1) is 12.1. The zero-order chi connectivity index (χ0) is 19.4. The molecule has 0 atom stereocenters. The molecule has 0 aliphatic heterocycles. The molecule has 2 rings (SSSR count). The van der Waals surface area contributed by atoms with Crippen molar-refractivity contribution in [2.75, 3.05) is 11.3 Å². The predicted molar refractivity (Wildman–Crippen MR) is 97.6 cm³/mol. The van der Waals surface area contributed by atoms with E-state index in [1.807, 2.05) is 12.1 Å². The van der Waals surface area contributed by atoms with Crippen LogP contribution in [0.25, 0.3) is 0 Å². The van der Waals surface area contributed by atoms with E-state index in [1.54, 1.807) is 12.1 Å². The maximum Gasteiger partial charge on any atom is 0.516 e. The number of nitrogens with one attached hydrogen (secondary N) is 1. The normalized spacial score (nSPS) is 12.2. The monoisotopic (exact) mass is 471 g/mol. The Kier molecular flexibility index (Phi) is 6.95. The molecule has 26 heavy (non-hydrogen) atoms.